The molecule has 2 rings (SSSR count). The first-order valence-corrected chi connectivity index (χ1v) is 7.46. The summed E-state index contributed by atoms with van der Waals surface area (Å²) in [6.45, 7) is 5.97. The van der Waals surface area contributed by atoms with Crippen molar-refractivity contribution in [3.05, 3.63) is 0 Å². The van der Waals surface area contributed by atoms with Gasteiger partial charge in [-0.05, 0) is 33.1 Å². The highest BCUT2D eigenvalue weighted by atomic mass is 16.4. The summed E-state index contributed by atoms with van der Waals surface area (Å²) in [6.07, 6.45) is 1.49. The van der Waals surface area contributed by atoms with Crippen molar-refractivity contribution in [3.63, 3.8) is 0 Å². The van der Waals surface area contributed by atoms with Crippen molar-refractivity contribution < 1.29 is 19.5 Å². The van der Waals surface area contributed by atoms with Crippen molar-refractivity contribution in [2.24, 2.45) is 0 Å². The first kappa shape index (κ1) is 15.8. The predicted molar refractivity (Wildman–Crippen MR) is 75.8 cm³/mol. The second-order valence-electron chi connectivity index (χ2n) is 6.10. The van der Waals surface area contributed by atoms with E-state index in [0.29, 0.717) is 25.3 Å². The van der Waals surface area contributed by atoms with Crippen LogP contribution in [0.3, 0.4) is 0 Å². The van der Waals surface area contributed by atoms with E-state index in [1.54, 1.807) is 0 Å². The molecule has 0 aromatic rings. The van der Waals surface area contributed by atoms with Crippen LogP contribution in [0.25, 0.3) is 0 Å². The average Bonchev–Trinajstić information content (AvgIpc) is 2.63. The predicted octanol–water partition coefficient (Wildman–Crippen LogP) is 0.646. The number of carbonyl (C=O) groups is 3. The topological polar surface area (TPSA) is 90.0 Å². The van der Waals surface area contributed by atoms with E-state index >= 15 is 0 Å². The highest BCUT2D eigenvalue weighted by molar-refractivity contribution is 6.07. The van der Waals surface area contributed by atoms with Crippen molar-refractivity contribution in [2.45, 2.75) is 51.1 Å². The van der Waals surface area contributed by atoms with Crippen LogP contribution in [-0.4, -0.2) is 64.0 Å². The Morgan fingerprint density at radius 1 is 1.33 bits per heavy atom. The molecule has 1 spiro atoms. The maximum atomic E-state index is 12.5. The minimum Gasteiger partial charge on any atom is -0.481 e. The van der Waals surface area contributed by atoms with Crippen LogP contribution >= 0.6 is 0 Å². The molecule has 0 aromatic carbocycles. The van der Waals surface area contributed by atoms with Gasteiger partial charge < -0.3 is 15.3 Å². The van der Waals surface area contributed by atoms with Gasteiger partial charge in [-0.3, -0.25) is 14.5 Å². The molecule has 2 fully saturated rings. The number of aliphatic carboxylic acids is 1. The van der Waals surface area contributed by atoms with Crippen molar-refractivity contribution in [1.29, 1.82) is 0 Å². The number of nitrogens with zero attached hydrogens (tertiary/aromatic N) is 2. The lowest BCUT2D eigenvalue weighted by molar-refractivity contribution is -0.138. The number of piperidine rings is 1. The molecule has 2 saturated heterocycles. The highest BCUT2D eigenvalue weighted by Crippen LogP contribution is 2.30. The Hall–Kier alpha value is -1.63. The zero-order valence-electron chi connectivity index (χ0n) is 12.6. The molecule has 2 aliphatic heterocycles. The van der Waals surface area contributed by atoms with E-state index in [1.165, 1.54) is 4.90 Å². The fraction of sp³-hybridized carbons (Fsp3) is 0.786. The molecule has 0 saturated carbocycles. The summed E-state index contributed by atoms with van der Waals surface area (Å²) in [5.74, 6) is -1.11. The van der Waals surface area contributed by atoms with Gasteiger partial charge in [0.1, 0.15) is 5.54 Å². The number of carbonyl (C=O) groups excluding carboxylic acids is 2. The first-order valence-electron chi connectivity index (χ1n) is 7.46. The molecule has 0 aromatic heterocycles. The van der Waals surface area contributed by atoms with Gasteiger partial charge in [0.05, 0.1) is 0 Å². The molecule has 0 aliphatic carbocycles. The molecule has 2 N–H and O–H groups in total. The van der Waals surface area contributed by atoms with Crippen LogP contribution in [0.5, 0.6) is 0 Å². The molecule has 0 bridgehead atoms. The fourth-order valence-electron chi connectivity index (χ4n) is 3.03. The minimum atomic E-state index is -0.915. The largest absolute Gasteiger partial charge is 0.481 e. The van der Waals surface area contributed by atoms with E-state index in [9.17, 15) is 14.4 Å². The molecule has 0 atom stereocenters. The fourth-order valence-corrected chi connectivity index (χ4v) is 3.03. The maximum Gasteiger partial charge on any atom is 0.325 e. The van der Waals surface area contributed by atoms with Crippen LogP contribution in [0.4, 0.5) is 4.79 Å². The third kappa shape index (κ3) is 3.18. The third-order valence-electron chi connectivity index (χ3n) is 4.40. The molecule has 0 radical (unpaired) electrons. The zero-order valence-corrected chi connectivity index (χ0v) is 12.6. The Balaban J connectivity index is 1.96. The molecule has 2 heterocycles. The standard InChI is InChI=1S/C14H23N3O4/c1-10(2)16-8-5-14(6-9-16)12(20)17(13(21)15-14)7-3-4-11(18)19/h10H,3-9H2,1-2H3,(H,15,21)(H,18,19). The number of hydrogen-bond donors (Lipinski definition) is 2. The smallest absolute Gasteiger partial charge is 0.325 e. The van der Waals surface area contributed by atoms with Crippen LogP contribution in [0.1, 0.15) is 39.5 Å². The number of hydrogen-bond acceptors (Lipinski definition) is 4. The lowest BCUT2D eigenvalue weighted by atomic mass is 9.87. The second kappa shape index (κ2) is 6.01. The monoisotopic (exact) mass is 297 g/mol. The van der Waals surface area contributed by atoms with Gasteiger partial charge in [0.15, 0.2) is 0 Å². The third-order valence-corrected chi connectivity index (χ3v) is 4.40. The Bertz CT molecular complexity index is 442. The van der Waals surface area contributed by atoms with E-state index < -0.39 is 11.5 Å². The summed E-state index contributed by atoms with van der Waals surface area (Å²) >= 11 is 0. The van der Waals surface area contributed by atoms with Crippen LogP contribution in [0.2, 0.25) is 0 Å². The van der Waals surface area contributed by atoms with E-state index in [0.717, 1.165) is 13.1 Å². The van der Waals surface area contributed by atoms with Gasteiger partial charge in [0.25, 0.3) is 5.91 Å². The highest BCUT2D eigenvalue weighted by Gasteiger charge is 2.52. The molecule has 3 amide bonds. The van der Waals surface area contributed by atoms with Crippen molar-refractivity contribution >= 4 is 17.9 Å². The summed E-state index contributed by atoms with van der Waals surface area (Å²) in [5.41, 5.74) is -0.772. The van der Waals surface area contributed by atoms with E-state index in [-0.39, 0.29) is 24.9 Å². The first-order chi connectivity index (χ1) is 9.85. The number of urea groups is 1. The van der Waals surface area contributed by atoms with E-state index in [2.05, 4.69) is 24.1 Å². The van der Waals surface area contributed by atoms with Gasteiger partial charge in [-0.25, -0.2) is 4.79 Å². The van der Waals surface area contributed by atoms with Gasteiger partial charge in [0.2, 0.25) is 0 Å². The van der Waals surface area contributed by atoms with Gasteiger partial charge in [-0.1, -0.05) is 0 Å². The summed E-state index contributed by atoms with van der Waals surface area (Å²) in [6, 6.07) is 0.0459. The van der Waals surface area contributed by atoms with Gasteiger partial charge in [-0.2, -0.15) is 0 Å². The lowest BCUT2D eigenvalue weighted by Gasteiger charge is -2.39. The molecule has 2 aliphatic rings. The normalized spacial score (nSPS) is 22.1. The number of imide groups is 1. The number of amides is 3. The number of rotatable bonds is 5. The number of likely N-dealkylation sites (tertiary alicyclic amines) is 1. The molecule has 21 heavy (non-hydrogen) atoms. The van der Waals surface area contributed by atoms with Crippen molar-refractivity contribution in [2.75, 3.05) is 19.6 Å². The zero-order chi connectivity index (χ0) is 15.6. The van der Waals surface area contributed by atoms with Crippen LogP contribution in [-0.2, 0) is 9.59 Å². The SMILES string of the molecule is CC(C)N1CCC2(CC1)NC(=O)N(CCCC(=O)O)C2=O. The lowest BCUT2D eigenvalue weighted by Crippen LogP contribution is -2.56. The van der Waals surface area contributed by atoms with Crippen LogP contribution in [0.15, 0.2) is 0 Å². The van der Waals surface area contributed by atoms with E-state index in [4.69, 9.17) is 5.11 Å². The van der Waals surface area contributed by atoms with Crippen molar-refractivity contribution in [3.8, 4) is 0 Å². The maximum absolute atomic E-state index is 12.5. The summed E-state index contributed by atoms with van der Waals surface area (Å²) < 4.78 is 0. The van der Waals surface area contributed by atoms with Gasteiger partial charge >= 0.3 is 12.0 Å². The molecule has 118 valence electrons. The Morgan fingerprint density at radius 3 is 2.48 bits per heavy atom. The van der Waals surface area contributed by atoms with Crippen molar-refractivity contribution in [1.82, 2.24) is 15.1 Å². The molecular weight excluding hydrogens is 274 g/mol. The van der Waals surface area contributed by atoms with Crippen LogP contribution < -0.4 is 5.32 Å². The number of carboxylic acid groups (broad SMARTS) is 1. The van der Waals surface area contributed by atoms with E-state index in [1.807, 2.05) is 0 Å². The van der Waals surface area contributed by atoms with Gasteiger partial charge in [0, 0.05) is 32.1 Å². The quantitative estimate of drug-likeness (QED) is 0.727. The minimum absolute atomic E-state index is 0.0365. The summed E-state index contributed by atoms with van der Waals surface area (Å²) in [4.78, 5) is 38.5. The van der Waals surface area contributed by atoms with Gasteiger partial charge in [-0.15, -0.1) is 0 Å². The average molecular weight is 297 g/mol. The Labute approximate surface area is 124 Å². The second-order valence-corrected chi connectivity index (χ2v) is 6.10. The molecule has 7 nitrogen and oxygen atoms in total. The summed E-state index contributed by atoms with van der Waals surface area (Å²) in [5, 5.41) is 11.5. The number of nitrogens with one attached hydrogen (secondary N) is 1. The number of carboxylic acids is 1. The molecular formula is C14H23N3O4. The molecule has 0 unspecified atom stereocenters. The summed E-state index contributed by atoms with van der Waals surface area (Å²) in [7, 11) is 0. The Kier molecular flexibility index (Phi) is 4.51. The molecule has 7 heteroatoms. The Morgan fingerprint density at radius 2 is 1.95 bits per heavy atom. The van der Waals surface area contributed by atoms with Crippen LogP contribution in [0, 0.1) is 0 Å².